The maximum absolute atomic E-state index is 11.9. The molecule has 1 aliphatic rings. The molecule has 0 radical (unpaired) electrons. The lowest BCUT2D eigenvalue weighted by Crippen LogP contribution is -2.42. The standard InChI is InChI=1S/C6H3F4NO.C6H12O3.C5H12O/c7-6(8,9)4-2-1-3-5(11-4)12-10;1-4-6(8)5(7)2-3-9-4;1-3-5-6-4-2/h1-3H;4-8H,2-3H2,1H3;3-5H2,1-2H3. The Morgan fingerprint density at radius 3 is 2.33 bits per heavy atom. The first kappa shape index (κ1) is 25.5. The van der Waals surface area contributed by atoms with E-state index in [0.717, 1.165) is 37.8 Å². The zero-order valence-corrected chi connectivity index (χ0v) is 15.6. The summed E-state index contributed by atoms with van der Waals surface area (Å²) in [7, 11) is 0. The van der Waals surface area contributed by atoms with Gasteiger partial charge in [-0.15, -0.1) is 0 Å². The second kappa shape index (κ2) is 13.6. The van der Waals surface area contributed by atoms with Gasteiger partial charge in [-0.3, -0.25) is 4.94 Å². The molecule has 0 aliphatic carbocycles. The number of hydrogen-bond donors (Lipinski definition) is 2. The Morgan fingerprint density at radius 1 is 1.26 bits per heavy atom. The molecule has 0 aromatic carbocycles. The van der Waals surface area contributed by atoms with Crippen LogP contribution in [0.1, 0.15) is 39.3 Å². The monoisotopic (exact) mass is 401 g/mol. The van der Waals surface area contributed by atoms with Gasteiger partial charge < -0.3 is 19.7 Å². The van der Waals surface area contributed by atoms with Crippen molar-refractivity contribution in [2.75, 3.05) is 19.8 Å². The Balaban J connectivity index is 0.000000400. The van der Waals surface area contributed by atoms with Crippen molar-refractivity contribution in [3.05, 3.63) is 23.9 Å². The predicted molar refractivity (Wildman–Crippen MR) is 89.8 cm³/mol. The van der Waals surface area contributed by atoms with Gasteiger partial charge in [-0.1, -0.05) is 13.0 Å². The van der Waals surface area contributed by atoms with Gasteiger partial charge in [-0.05, 0) is 32.8 Å². The first-order valence-electron chi connectivity index (χ1n) is 8.55. The van der Waals surface area contributed by atoms with E-state index in [1.165, 1.54) is 0 Å². The molecule has 10 heteroatoms. The molecule has 1 aromatic rings. The van der Waals surface area contributed by atoms with Gasteiger partial charge in [0.25, 0.3) is 5.88 Å². The third-order valence-electron chi connectivity index (χ3n) is 3.32. The van der Waals surface area contributed by atoms with Crippen LogP contribution >= 0.6 is 0 Å². The SMILES string of the molecule is CC1OCCC(O)C1O.CCCOCC.FOc1cccc(C(F)(F)F)n1. The van der Waals surface area contributed by atoms with Crippen LogP contribution in [0, 0.1) is 0 Å². The molecule has 2 heterocycles. The Kier molecular flexibility index (Phi) is 12.9. The van der Waals surface area contributed by atoms with Gasteiger partial charge in [0.05, 0.1) is 12.2 Å². The molecule has 0 spiro atoms. The van der Waals surface area contributed by atoms with Gasteiger partial charge in [0.2, 0.25) is 0 Å². The molecule has 0 bridgehead atoms. The van der Waals surface area contributed by atoms with Crippen molar-refractivity contribution < 1.29 is 42.3 Å². The Labute approximate surface area is 156 Å². The van der Waals surface area contributed by atoms with E-state index in [0.29, 0.717) is 13.0 Å². The highest BCUT2D eigenvalue weighted by Gasteiger charge is 2.32. The van der Waals surface area contributed by atoms with Crippen LogP contribution in [0.5, 0.6) is 5.88 Å². The Hall–Kier alpha value is -1.49. The quantitative estimate of drug-likeness (QED) is 0.595. The summed E-state index contributed by atoms with van der Waals surface area (Å²) in [5.74, 6) is -0.704. The van der Waals surface area contributed by atoms with Crippen LogP contribution < -0.4 is 4.94 Å². The van der Waals surface area contributed by atoms with Crippen molar-refractivity contribution in [2.24, 2.45) is 0 Å². The molecule has 0 amide bonds. The smallest absolute Gasteiger partial charge is 0.390 e. The zero-order chi connectivity index (χ0) is 20.9. The summed E-state index contributed by atoms with van der Waals surface area (Å²) in [4.78, 5) is 5.88. The van der Waals surface area contributed by atoms with Gasteiger partial charge >= 0.3 is 6.18 Å². The van der Waals surface area contributed by atoms with Crippen molar-refractivity contribution in [2.45, 2.75) is 58.1 Å². The first-order chi connectivity index (χ1) is 12.7. The summed E-state index contributed by atoms with van der Waals surface area (Å²) in [6.07, 6.45) is -4.39. The molecule has 0 saturated carbocycles. The van der Waals surface area contributed by atoms with Gasteiger partial charge in [0.1, 0.15) is 11.8 Å². The van der Waals surface area contributed by atoms with E-state index in [9.17, 15) is 17.7 Å². The molecule has 2 rings (SSSR count). The zero-order valence-electron chi connectivity index (χ0n) is 15.6. The minimum Gasteiger partial charge on any atom is -0.390 e. The first-order valence-corrected chi connectivity index (χ1v) is 8.55. The summed E-state index contributed by atoms with van der Waals surface area (Å²) < 4.78 is 57.0. The molecule has 1 fully saturated rings. The third kappa shape index (κ3) is 11.1. The fourth-order valence-electron chi connectivity index (χ4n) is 1.86. The van der Waals surface area contributed by atoms with Gasteiger partial charge in [-0.2, -0.15) is 13.2 Å². The van der Waals surface area contributed by atoms with E-state index in [-0.39, 0.29) is 6.10 Å². The van der Waals surface area contributed by atoms with Gasteiger partial charge in [0.15, 0.2) is 0 Å². The number of hydrogen-bond acceptors (Lipinski definition) is 6. The Bertz CT molecular complexity index is 490. The maximum atomic E-state index is 11.9. The number of aliphatic hydroxyl groups is 2. The van der Waals surface area contributed by atoms with Crippen LogP contribution in [0.3, 0.4) is 0 Å². The van der Waals surface area contributed by atoms with Gasteiger partial charge in [-0.25, -0.2) is 4.98 Å². The molecule has 1 saturated heterocycles. The van der Waals surface area contributed by atoms with Crippen LogP contribution in [0.2, 0.25) is 0 Å². The highest BCUT2D eigenvalue weighted by atomic mass is 19.4. The van der Waals surface area contributed by atoms with Crippen LogP contribution in [0.4, 0.5) is 17.7 Å². The van der Waals surface area contributed by atoms with Crippen LogP contribution in [-0.4, -0.2) is 53.3 Å². The van der Waals surface area contributed by atoms with Crippen molar-refractivity contribution in [1.82, 2.24) is 4.98 Å². The van der Waals surface area contributed by atoms with E-state index in [4.69, 9.17) is 19.7 Å². The fourth-order valence-corrected chi connectivity index (χ4v) is 1.86. The number of nitrogens with zero attached hydrogens (tertiary/aromatic N) is 1. The second-order valence-electron chi connectivity index (χ2n) is 5.56. The number of ether oxygens (including phenoxy) is 2. The van der Waals surface area contributed by atoms with Crippen LogP contribution in [0.25, 0.3) is 0 Å². The number of pyridine rings is 1. The third-order valence-corrected chi connectivity index (χ3v) is 3.32. The summed E-state index contributed by atoms with van der Waals surface area (Å²) in [6.45, 7) is 8.20. The largest absolute Gasteiger partial charge is 0.433 e. The average Bonchev–Trinajstić information content (AvgIpc) is 2.65. The predicted octanol–water partition coefficient (Wildman–Crippen LogP) is 3.31. The molecular formula is C17H27F4NO5. The maximum Gasteiger partial charge on any atom is 0.433 e. The molecule has 1 aromatic heterocycles. The molecule has 6 nitrogen and oxygen atoms in total. The van der Waals surface area contributed by atoms with E-state index >= 15 is 0 Å². The molecule has 27 heavy (non-hydrogen) atoms. The summed E-state index contributed by atoms with van der Waals surface area (Å²) in [6, 6.07) is 2.71. The second-order valence-corrected chi connectivity index (χ2v) is 5.56. The lowest BCUT2D eigenvalue weighted by atomic mass is 10.0. The van der Waals surface area contributed by atoms with Crippen LogP contribution in [-0.2, 0) is 15.7 Å². The molecule has 3 unspecified atom stereocenters. The number of alkyl halides is 3. The molecule has 1 aliphatic heterocycles. The highest BCUT2D eigenvalue weighted by Crippen LogP contribution is 2.28. The summed E-state index contributed by atoms with van der Waals surface area (Å²) in [5, 5.41) is 18.1. The van der Waals surface area contributed by atoms with Crippen molar-refractivity contribution >= 4 is 0 Å². The topological polar surface area (TPSA) is 81.0 Å². The molecular weight excluding hydrogens is 374 g/mol. The summed E-state index contributed by atoms with van der Waals surface area (Å²) >= 11 is 0. The van der Waals surface area contributed by atoms with E-state index < -0.39 is 30.0 Å². The number of rotatable bonds is 4. The lowest BCUT2D eigenvalue weighted by molar-refractivity contribution is -0.142. The highest BCUT2D eigenvalue weighted by molar-refractivity contribution is 5.17. The van der Waals surface area contributed by atoms with E-state index in [1.807, 2.05) is 6.92 Å². The number of aromatic nitrogens is 1. The van der Waals surface area contributed by atoms with Crippen molar-refractivity contribution in [3.8, 4) is 5.88 Å². The fraction of sp³-hybridized carbons (Fsp3) is 0.706. The number of aliphatic hydroxyl groups excluding tert-OH is 2. The van der Waals surface area contributed by atoms with Crippen molar-refractivity contribution in [3.63, 3.8) is 0 Å². The van der Waals surface area contributed by atoms with Gasteiger partial charge in [0, 0.05) is 30.4 Å². The minimum atomic E-state index is -4.57. The normalized spacial score (nSPS) is 22.0. The molecule has 158 valence electrons. The average molecular weight is 401 g/mol. The lowest BCUT2D eigenvalue weighted by Gasteiger charge is -2.29. The van der Waals surface area contributed by atoms with Crippen LogP contribution in [0.15, 0.2) is 18.2 Å². The summed E-state index contributed by atoms with van der Waals surface area (Å²) in [5.41, 5.74) is -1.18. The van der Waals surface area contributed by atoms with E-state index in [2.05, 4.69) is 16.8 Å². The molecule has 2 N–H and O–H groups in total. The van der Waals surface area contributed by atoms with E-state index in [1.54, 1.807) is 6.92 Å². The number of halogens is 4. The Morgan fingerprint density at radius 2 is 1.93 bits per heavy atom. The van der Waals surface area contributed by atoms with Crippen molar-refractivity contribution in [1.29, 1.82) is 0 Å². The minimum absolute atomic E-state index is 0.214. The molecule has 3 atom stereocenters.